The Hall–Kier alpha value is -1.25. The second kappa shape index (κ2) is 10.5. The van der Waals surface area contributed by atoms with Crippen LogP contribution in [0, 0.1) is 0 Å². The zero-order chi connectivity index (χ0) is 14.6. The van der Waals surface area contributed by atoms with Gasteiger partial charge in [-0.1, -0.05) is 68.5 Å². The van der Waals surface area contributed by atoms with Gasteiger partial charge in [-0.15, -0.1) is 0 Å². The van der Waals surface area contributed by atoms with Crippen LogP contribution in [-0.4, -0.2) is 11.2 Å². The zero-order valence-electron chi connectivity index (χ0n) is 12.2. The average molecular weight is 288 g/mol. The molecule has 1 atom stereocenters. The lowest BCUT2D eigenvalue weighted by molar-refractivity contribution is 0.263. The van der Waals surface area contributed by atoms with Crippen molar-refractivity contribution in [2.45, 2.75) is 43.6 Å². The van der Waals surface area contributed by atoms with Crippen molar-refractivity contribution in [1.82, 2.24) is 0 Å². The van der Waals surface area contributed by atoms with E-state index in [2.05, 4.69) is 19.6 Å². The molecule has 0 saturated carbocycles. The van der Waals surface area contributed by atoms with Gasteiger partial charge in [0, 0.05) is 4.90 Å². The van der Waals surface area contributed by atoms with Gasteiger partial charge in [-0.05, 0) is 42.0 Å². The van der Waals surface area contributed by atoms with E-state index in [4.69, 9.17) is 0 Å². The Morgan fingerprint density at radius 3 is 2.75 bits per heavy atom. The molecular formula is C18H24OS. The first-order valence-corrected chi connectivity index (χ1v) is 8.03. The van der Waals surface area contributed by atoms with Crippen molar-refractivity contribution < 1.29 is 5.11 Å². The molecule has 0 bridgehead atoms. The Balaban J connectivity index is 2.30. The number of thioether (sulfide) groups is 1. The quantitative estimate of drug-likeness (QED) is 0.376. The van der Waals surface area contributed by atoms with Crippen LogP contribution in [0.4, 0.5) is 0 Å². The monoisotopic (exact) mass is 288 g/mol. The average Bonchev–Trinajstić information content (AvgIpc) is 2.47. The first-order valence-electron chi connectivity index (χ1n) is 7.15. The smallest absolute Gasteiger partial charge is 0.0974 e. The Morgan fingerprint density at radius 2 is 2.05 bits per heavy atom. The SMILES string of the molecule is C=C(/C=C\CCCCC)C(O)/C=C/Sc1ccccc1. The molecule has 1 aromatic carbocycles. The van der Waals surface area contributed by atoms with E-state index in [9.17, 15) is 5.11 Å². The largest absolute Gasteiger partial charge is 0.384 e. The van der Waals surface area contributed by atoms with Crippen LogP contribution in [0.25, 0.3) is 0 Å². The predicted octanol–water partition coefficient (Wildman–Crippen LogP) is 5.35. The van der Waals surface area contributed by atoms with Crippen molar-refractivity contribution >= 4 is 11.8 Å². The molecule has 1 rings (SSSR count). The van der Waals surface area contributed by atoms with E-state index in [0.717, 1.165) is 16.9 Å². The van der Waals surface area contributed by atoms with Crippen molar-refractivity contribution in [1.29, 1.82) is 0 Å². The highest BCUT2D eigenvalue weighted by Gasteiger charge is 2.00. The maximum Gasteiger partial charge on any atom is 0.0974 e. The molecule has 0 spiro atoms. The molecule has 1 nitrogen and oxygen atoms in total. The van der Waals surface area contributed by atoms with Crippen LogP contribution in [0.3, 0.4) is 0 Å². The summed E-state index contributed by atoms with van der Waals surface area (Å²) in [5, 5.41) is 11.9. The summed E-state index contributed by atoms with van der Waals surface area (Å²) in [5.74, 6) is 0. The van der Waals surface area contributed by atoms with Crippen molar-refractivity contribution in [2.24, 2.45) is 0 Å². The molecule has 1 unspecified atom stereocenters. The lowest BCUT2D eigenvalue weighted by atomic mass is 10.1. The molecule has 0 fully saturated rings. The van der Waals surface area contributed by atoms with Gasteiger partial charge in [0.15, 0.2) is 0 Å². The molecule has 0 aliphatic carbocycles. The molecule has 1 N–H and O–H groups in total. The van der Waals surface area contributed by atoms with Gasteiger partial charge in [0.1, 0.15) is 0 Å². The summed E-state index contributed by atoms with van der Waals surface area (Å²) in [6.45, 7) is 6.10. The fraction of sp³-hybridized carbons (Fsp3) is 0.333. The molecular weight excluding hydrogens is 264 g/mol. The van der Waals surface area contributed by atoms with Crippen molar-refractivity contribution in [3.8, 4) is 0 Å². The highest BCUT2D eigenvalue weighted by atomic mass is 32.2. The van der Waals surface area contributed by atoms with E-state index in [1.54, 1.807) is 17.8 Å². The normalized spacial score (nSPS) is 13.1. The van der Waals surface area contributed by atoms with Gasteiger partial charge in [0.05, 0.1) is 6.10 Å². The highest BCUT2D eigenvalue weighted by molar-refractivity contribution is 8.02. The summed E-state index contributed by atoms with van der Waals surface area (Å²) in [5.41, 5.74) is 0.742. The minimum atomic E-state index is -0.603. The molecule has 108 valence electrons. The van der Waals surface area contributed by atoms with Crippen LogP contribution in [0.1, 0.15) is 32.6 Å². The fourth-order valence-corrected chi connectivity index (χ4v) is 2.36. The van der Waals surface area contributed by atoms with Crippen LogP contribution in [0.15, 0.2) is 71.0 Å². The molecule has 0 heterocycles. The molecule has 0 saturated heterocycles. The lowest BCUT2D eigenvalue weighted by Crippen LogP contribution is -2.02. The van der Waals surface area contributed by atoms with Gasteiger partial charge in [-0.25, -0.2) is 0 Å². The highest BCUT2D eigenvalue weighted by Crippen LogP contribution is 2.19. The zero-order valence-corrected chi connectivity index (χ0v) is 13.0. The second-order valence-electron chi connectivity index (χ2n) is 4.68. The molecule has 2 heteroatoms. The van der Waals surface area contributed by atoms with Gasteiger partial charge in [-0.2, -0.15) is 0 Å². The third-order valence-electron chi connectivity index (χ3n) is 2.89. The van der Waals surface area contributed by atoms with Crippen molar-refractivity contribution in [3.63, 3.8) is 0 Å². The topological polar surface area (TPSA) is 20.2 Å². The number of rotatable bonds is 9. The van der Waals surface area contributed by atoms with E-state index in [1.807, 2.05) is 41.8 Å². The Morgan fingerprint density at radius 1 is 1.30 bits per heavy atom. The van der Waals surface area contributed by atoms with Crippen molar-refractivity contribution in [3.05, 3.63) is 66.1 Å². The van der Waals surface area contributed by atoms with E-state index in [1.165, 1.54) is 19.3 Å². The van der Waals surface area contributed by atoms with Crippen molar-refractivity contribution in [2.75, 3.05) is 0 Å². The first kappa shape index (κ1) is 16.8. The number of aliphatic hydroxyl groups excluding tert-OH is 1. The number of hydrogen-bond acceptors (Lipinski definition) is 2. The van der Waals surface area contributed by atoms with Crippen LogP contribution in [0.2, 0.25) is 0 Å². The van der Waals surface area contributed by atoms with Gasteiger partial charge in [-0.3, -0.25) is 0 Å². The minimum absolute atomic E-state index is 0.603. The Labute approximate surface area is 127 Å². The Bertz CT molecular complexity index is 434. The first-order chi connectivity index (χ1) is 9.74. The molecule has 0 radical (unpaired) electrons. The van der Waals surface area contributed by atoms with Crippen LogP contribution >= 0.6 is 11.8 Å². The summed E-state index contributed by atoms with van der Waals surface area (Å²) in [6.07, 6.45) is 9.95. The van der Waals surface area contributed by atoms with Crippen LogP contribution < -0.4 is 0 Å². The standard InChI is InChI=1S/C18H24OS/c1-3-4-5-6-8-11-16(2)18(19)14-15-20-17-12-9-7-10-13-17/h7-15,18-19H,2-6H2,1H3/b11-8-,15-14+. The molecule has 0 amide bonds. The third-order valence-corrected chi connectivity index (χ3v) is 3.73. The summed E-state index contributed by atoms with van der Waals surface area (Å²) >= 11 is 1.60. The molecule has 20 heavy (non-hydrogen) atoms. The van der Waals surface area contributed by atoms with Gasteiger partial charge in [0.2, 0.25) is 0 Å². The second-order valence-corrected chi connectivity index (χ2v) is 5.66. The molecule has 0 aliphatic rings. The molecule has 0 aliphatic heterocycles. The number of unbranched alkanes of at least 4 members (excludes halogenated alkanes) is 3. The van der Waals surface area contributed by atoms with E-state index >= 15 is 0 Å². The maximum absolute atomic E-state index is 9.95. The Kier molecular flexibility index (Phi) is 8.84. The number of benzene rings is 1. The summed E-state index contributed by atoms with van der Waals surface area (Å²) < 4.78 is 0. The van der Waals surface area contributed by atoms with Gasteiger partial charge in [0.25, 0.3) is 0 Å². The maximum atomic E-state index is 9.95. The van der Waals surface area contributed by atoms with Gasteiger partial charge >= 0.3 is 0 Å². The summed E-state index contributed by atoms with van der Waals surface area (Å²) in [4.78, 5) is 1.16. The number of hydrogen-bond donors (Lipinski definition) is 1. The summed E-state index contributed by atoms with van der Waals surface area (Å²) in [7, 11) is 0. The lowest BCUT2D eigenvalue weighted by Gasteiger charge is -2.04. The van der Waals surface area contributed by atoms with E-state index < -0.39 is 6.10 Å². The van der Waals surface area contributed by atoms with Crippen LogP contribution in [-0.2, 0) is 0 Å². The van der Waals surface area contributed by atoms with Gasteiger partial charge < -0.3 is 5.11 Å². The van der Waals surface area contributed by atoms with E-state index in [0.29, 0.717) is 0 Å². The summed E-state index contributed by atoms with van der Waals surface area (Å²) in [6, 6.07) is 10.1. The molecule has 0 aromatic heterocycles. The fourth-order valence-electron chi connectivity index (χ4n) is 1.66. The third kappa shape index (κ3) is 7.37. The van der Waals surface area contributed by atoms with Crippen LogP contribution in [0.5, 0.6) is 0 Å². The number of allylic oxidation sites excluding steroid dienone is 1. The minimum Gasteiger partial charge on any atom is -0.384 e. The van der Waals surface area contributed by atoms with E-state index in [-0.39, 0.29) is 0 Å². The number of aliphatic hydroxyl groups is 1. The molecule has 1 aromatic rings. The predicted molar refractivity (Wildman–Crippen MR) is 89.9 cm³/mol.